The van der Waals surface area contributed by atoms with E-state index in [9.17, 15) is 9.59 Å². The lowest BCUT2D eigenvalue weighted by Crippen LogP contribution is -2.25. The van der Waals surface area contributed by atoms with Crippen molar-refractivity contribution in [1.82, 2.24) is 0 Å². The maximum atomic E-state index is 12.0. The van der Waals surface area contributed by atoms with Crippen LogP contribution in [0.1, 0.15) is 17.5 Å². The Balaban J connectivity index is 1.71. The number of hydrogen-bond acceptors (Lipinski definition) is 3. The van der Waals surface area contributed by atoms with Gasteiger partial charge in [-0.05, 0) is 35.4 Å². The summed E-state index contributed by atoms with van der Waals surface area (Å²) in [5.74, 6) is -0.890. The van der Waals surface area contributed by atoms with Crippen LogP contribution in [-0.4, -0.2) is 30.6 Å². The van der Waals surface area contributed by atoms with Gasteiger partial charge in [0.1, 0.15) is 5.75 Å². The van der Waals surface area contributed by atoms with Crippen molar-refractivity contribution in [1.29, 1.82) is 0 Å². The third-order valence-electron chi connectivity index (χ3n) is 4.24. The van der Waals surface area contributed by atoms with Crippen molar-refractivity contribution in [2.75, 3.05) is 18.6 Å². The van der Waals surface area contributed by atoms with Crippen molar-refractivity contribution >= 4 is 29.7 Å². The number of carboxylic acids is 1. The van der Waals surface area contributed by atoms with Gasteiger partial charge in [0.25, 0.3) is 0 Å². The number of benzene rings is 2. The molecule has 1 aliphatic rings. The summed E-state index contributed by atoms with van der Waals surface area (Å²) in [4.78, 5) is 24.6. The van der Waals surface area contributed by atoms with E-state index >= 15 is 0 Å². The standard InChI is InChI=1S/C20H19NO4/c1-25-18-4-2-3-15(11-18)6-5-14-7-9-17(10-8-14)21-13-16(20(23)24)12-19(21)22/h2-11,16H,12-13H2,1H3,(H,23,24). The quantitative estimate of drug-likeness (QED) is 0.850. The van der Waals surface area contributed by atoms with Crippen LogP contribution in [0.3, 0.4) is 0 Å². The van der Waals surface area contributed by atoms with E-state index in [2.05, 4.69) is 0 Å². The number of carbonyl (C=O) groups is 2. The number of methoxy groups -OCH3 is 1. The topological polar surface area (TPSA) is 66.8 Å². The second-order valence-corrected chi connectivity index (χ2v) is 5.95. The molecule has 0 aromatic heterocycles. The Morgan fingerprint density at radius 1 is 1.16 bits per heavy atom. The molecule has 1 atom stereocenters. The van der Waals surface area contributed by atoms with E-state index in [0.717, 1.165) is 22.6 Å². The van der Waals surface area contributed by atoms with E-state index in [1.165, 1.54) is 4.90 Å². The molecule has 1 unspecified atom stereocenters. The van der Waals surface area contributed by atoms with E-state index in [1.807, 2.05) is 60.7 Å². The predicted molar refractivity (Wildman–Crippen MR) is 96.5 cm³/mol. The molecule has 1 fully saturated rings. The molecule has 0 radical (unpaired) electrons. The van der Waals surface area contributed by atoms with Gasteiger partial charge in [-0.25, -0.2) is 0 Å². The van der Waals surface area contributed by atoms with Crippen molar-refractivity contribution in [2.45, 2.75) is 6.42 Å². The Labute approximate surface area is 146 Å². The van der Waals surface area contributed by atoms with Gasteiger partial charge in [0.05, 0.1) is 13.0 Å². The first-order valence-electron chi connectivity index (χ1n) is 8.02. The van der Waals surface area contributed by atoms with Crippen molar-refractivity contribution in [2.24, 2.45) is 5.92 Å². The third kappa shape index (κ3) is 3.88. The molecule has 0 aliphatic carbocycles. The van der Waals surface area contributed by atoms with Crippen LogP contribution in [0.4, 0.5) is 5.69 Å². The first-order valence-corrected chi connectivity index (χ1v) is 8.02. The molecule has 1 heterocycles. The zero-order valence-electron chi connectivity index (χ0n) is 13.9. The molecular weight excluding hydrogens is 318 g/mol. The minimum Gasteiger partial charge on any atom is -0.497 e. The predicted octanol–water partition coefficient (Wildman–Crippen LogP) is 3.30. The highest BCUT2D eigenvalue weighted by atomic mass is 16.5. The molecule has 1 amide bonds. The third-order valence-corrected chi connectivity index (χ3v) is 4.24. The summed E-state index contributed by atoms with van der Waals surface area (Å²) < 4.78 is 5.20. The van der Waals surface area contributed by atoms with Crippen molar-refractivity contribution in [3.63, 3.8) is 0 Å². The molecule has 25 heavy (non-hydrogen) atoms. The average Bonchev–Trinajstić information content (AvgIpc) is 3.03. The van der Waals surface area contributed by atoms with E-state index in [4.69, 9.17) is 9.84 Å². The highest BCUT2D eigenvalue weighted by Gasteiger charge is 2.34. The molecule has 0 spiro atoms. The summed E-state index contributed by atoms with van der Waals surface area (Å²) in [6, 6.07) is 15.3. The summed E-state index contributed by atoms with van der Waals surface area (Å²) in [6.07, 6.45) is 4.02. The lowest BCUT2D eigenvalue weighted by molar-refractivity contribution is -0.141. The molecule has 3 rings (SSSR count). The second-order valence-electron chi connectivity index (χ2n) is 5.95. The number of aliphatic carboxylic acids is 1. The van der Waals surface area contributed by atoms with Crippen LogP contribution in [0.5, 0.6) is 5.75 Å². The van der Waals surface area contributed by atoms with E-state index < -0.39 is 11.9 Å². The molecule has 128 valence electrons. The van der Waals surface area contributed by atoms with Gasteiger partial charge in [0.15, 0.2) is 0 Å². The van der Waals surface area contributed by atoms with Gasteiger partial charge in [-0.3, -0.25) is 9.59 Å². The molecular formula is C20H19NO4. The Kier molecular flexibility index (Phi) is 4.84. The number of anilines is 1. The van der Waals surface area contributed by atoms with Crippen LogP contribution in [0.25, 0.3) is 12.2 Å². The number of hydrogen-bond donors (Lipinski definition) is 1. The van der Waals surface area contributed by atoms with Gasteiger partial charge in [0, 0.05) is 18.7 Å². The highest BCUT2D eigenvalue weighted by molar-refractivity contribution is 5.99. The minimum atomic E-state index is -0.923. The lowest BCUT2D eigenvalue weighted by atomic mass is 10.1. The van der Waals surface area contributed by atoms with Gasteiger partial charge in [0.2, 0.25) is 5.91 Å². The Hall–Kier alpha value is -3.08. The fraction of sp³-hybridized carbons (Fsp3) is 0.200. The number of ether oxygens (including phenoxy) is 1. The van der Waals surface area contributed by atoms with Gasteiger partial charge >= 0.3 is 5.97 Å². The van der Waals surface area contributed by atoms with E-state index in [1.54, 1.807) is 7.11 Å². The molecule has 2 aromatic carbocycles. The number of rotatable bonds is 5. The van der Waals surface area contributed by atoms with Crippen LogP contribution in [-0.2, 0) is 9.59 Å². The summed E-state index contributed by atoms with van der Waals surface area (Å²) in [5.41, 5.74) is 2.75. The summed E-state index contributed by atoms with van der Waals surface area (Å²) in [7, 11) is 1.64. The van der Waals surface area contributed by atoms with Crippen LogP contribution in [0, 0.1) is 5.92 Å². The Bertz CT molecular complexity index is 811. The summed E-state index contributed by atoms with van der Waals surface area (Å²) in [6.45, 7) is 0.229. The van der Waals surface area contributed by atoms with Gasteiger partial charge in [-0.2, -0.15) is 0 Å². The minimum absolute atomic E-state index is 0.0623. The summed E-state index contributed by atoms with van der Waals surface area (Å²) in [5, 5.41) is 9.06. The molecule has 1 aliphatic heterocycles. The van der Waals surface area contributed by atoms with Crippen LogP contribution in [0.15, 0.2) is 48.5 Å². The highest BCUT2D eigenvalue weighted by Crippen LogP contribution is 2.26. The second kappa shape index (κ2) is 7.21. The van der Waals surface area contributed by atoms with Crippen molar-refractivity contribution in [3.05, 3.63) is 59.7 Å². The molecule has 0 saturated carbocycles. The van der Waals surface area contributed by atoms with E-state index in [-0.39, 0.29) is 18.9 Å². The molecule has 5 nitrogen and oxygen atoms in total. The van der Waals surface area contributed by atoms with Crippen molar-refractivity contribution in [3.8, 4) is 5.75 Å². The lowest BCUT2D eigenvalue weighted by Gasteiger charge is -2.16. The zero-order valence-corrected chi connectivity index (χ0v) is 13.9. The number of carbonyl (C=O) groups excluding carboxylic acids is 1. The zero-order chi connectivity index (χ0) is 17.8. The molecule has 1 saturated heterocycles. The monoisotopic (exact) mass is 337 g/mol. The maximum absolute atomic E-state index is 12.0. The van der Waals surface area contributed by atoms with Crippen molar-refractivity contribution < 1.29 is 19.4 Å². The van der Waals surface area contributed by atoms with E-state index in [0.29, 0.717) is 0 Å². The number of amides is 1. The molecule has 0 bridgehead atoms. The largest absolute Gasteiger partial charge is 0.497 e. The summed E-state index contributed by atoms with van der Waals surface area (Å²) >= 11 is 0. The van der Waals surface area contributed by atoms with Crippen LogP contribution >= 0.6 is 0 Å². The smallest absolute Gasteiger partial charge is 0.308 e. The molecule has 1 N–H and O–H groups in total. The molecule has 2 aromatic rings. The number of nitrogens with zero attached hydrogens (tertiary/aromatic N) is 1. The van der Waals surface area contributed by atoms with Gasteiger partial charge in [-0.15, -0.1) is 0 Å². The number of carboxylic acid groups (broad SMARTS) is 1. The Morgan fingerprint density at radius 2 is 1.88 bits per heavy atom. The first-order chi connectivity index (χ1) is 12.1. The average molecular weight is 337 g/mol. The van der Waals surface area contributed by atoms with Crippen LogP contribution in [0.2, 0.25) is 0 Å². The Morgan fingerprint density at radius 3 is 2.52 bits per heavy atom. The van der Waals surface area contributed by atoms with Gasteiger partial charge < -0.3 is 14.7 Å². The fourth-order valence-electron chi connectivity index (χ4n) is 2.83. The normalized spacial score (nSPS) is 17.2. The molecule has 5 heteroatoms. The first kappa shape index (κ1) is 16.8. The van der Waals surface area contributed by atoms with Gasteiger partial charge in [-0.1, -0.05) is 36.4 Å². The maximum Gasteiger partial charge on any atom is 0.308 e. The SMILES string of the molecule is COc1cccc(C=Cc2ccc(N3CC(C(=O)O)CC3=O)cc2)c1. The fourth-order valence-corrected chi connectivity index (χ4v) is 2.83. The van der Waals surface area contributed by atoms with Crippen LogP contribution < -0.4 is 9.64 Å².